The number of hydrogen-bond acceptors (Lipinski definition) is 4. The summed E-state index contributed by atoms with van der Waals surface area (Å²) in [6, 6.07) is 0.199. The summed E-state index contributed by atoms with van der Waals surface area (Å²) in [5.74, 6) is 0.511. The van der Waals surface area contributed by atoms with Crippen LogP contribution in [0.5, 0.6) is 6.01 Å². The number of hydrogen-bond donors (Lipinski definition) is 1. The lowest BCUT2D eigenvalue weighted by atomic mass is 9.97. The molecule has 1 aliphatic carbocycles. The molecule has 21 heavy (non-hydrogen) atoms. The van der Waals surface area contributed by atoms with Gasteiger partial charge in [-0.2, -0.15) is 18.2 Å². The molecular weight excluding hydrogens is 302 g/mol. The predicted molar refractivity (Wildman–Crippen MR) is 77.8 cm³/mol. The second-order valence-corrected chi connectivity index (χ2v) is 5.15. The minimum atomic E-state index is -4.29. The highest BCUT2D eigenvalue weighted by Crippen LogP contribution is 2.30. The second-order valence-electron chi connectivity index (χ2n) is 4.53. The molecule has 0 spiro atoms. The van der Waals surface area contributed by atoms with E-state index in [0.29, 0.717) is 5.82 Å². The van der Waals surface area contributed by atoms with E-state index in [-0.39, 0.29) is 25.0 Å². The average Bonchev–Trinajstić information content (AvgIpc) is 2.46. The van der Waals surface area contributed by atoms with Gasteiger partial charge in [0.2, 0.25) is 0 Å². The topological polar surface area (TPSA) is 47.0 Å². The second kappa shape index (κ2) is 6.43. The number of aromatic nitrogens is 2. The van der Waals surface area contributed by atoms with E-state index < -0.39 is 11.7 Å². The summed E-state index contributed by atoms with van der Waals surface area (Å²) in [4.78, 5) is 8.16. The molecular formula is C13H15F3N3OP. The first-order valence-electron chi connectivity index (χ1n) is 6.28. The molecule has 1 aliphatic rings. The highest BCUT2D eigenvalue weighted by Gasteiger charge is 2.32. The number of nitrogens with one attached hydrogen (secondary N) is 1. The Hall–Kier alpha value is -1.62. The van der Waals surface area contributed by atoms with Crippen LogP contribution in [-0.2, 0) is 0 Å². The molecule has 2 rings (SSSR count). The molecule has 8 heteroatoms. The first-order chi connectivity index (χ1) is 9.90. The molecule has 114 valence electrons. The first-order valence-corrected chi connectivity index (χ1v) is 6.86. The van der Waals surface area contributed by atoms with Gasteiger partial charge < -0.3 is 10.1 Å². The molecule has 1 heterocycles. The lowest BCUT2D eigenvalue weighted by Crippen LogP contribution is -2.17. The summed E-state index contributed by atoms with van der Waals surface area (Å²) in [5, 5.41) is 3.70. The van der Waals surface area contributed by atoms with Gasteiger partial charge >= 0.3 is 12.2 Å². The van der Waals surface area contributed by atoms with E-state index in [1.54, 1.807) is 13.2 Å². The fraction of sp³-hybridized carbons (Fsp3) is 0.385. The van der Waals surface area contributed by atoms with Crippen LogP contribution in [0.15, 0.2) is 30.0 Å². The van der Waals surface area contributed by atoms with Crippen LogP contribution in [0.2, 0.25) is 0 Å². The van der Waals surface area contributed by atoms with Crippen LogP contribution in [0, 0.1) is 5.92 Å². The smallest absolute Gasteiger partial charge is 0.416 e. The number of allylic oxidation sites excluding steroid dienone is 3. The molecule has 0 aliphatic heterocycles. The number of nitrogens with zero attached hydrogens (tertiary/aromatic N) is 2. The van der Waals surface area contributed by atoms with Crippen LogP contribution < -0.4 is 15.4 Å². The van der Waals surface area contributed by atoms with Gasteiger partial charge in [0, 0.05) is 24.5 Å². The van der Waals surface area contributed by atoms with Crippen molar-refractivity contribution in [1.29, 1.82) is 0 Å². The monoisotopic (exact) mass is 317 g/mol. The van der Waals surface area contributed by atoms with Crippen LogP contribution in [0.3, 0.4) is 0 Å². The van der Waals surface area contributed by atoms with Gasteiger partial charge in [0.15, 0.2) is 0 Å². The molecule has 2 atom stereocenters. The van der Waals surface area contributed by atoms with Crippen molar-refractivity contribution in [3.8, 4) is 6.01 Å². The standard InChI is InChI=1S/C13H15F3N3OP/c1-17-11-10(21)6-18-12(19-11)20-7-8-2-4-9(5-3-8)13(14,15)16/h2,4-6,8H,3,7,21H2,1H3,(H,17,18,19). The van der Waals surface area contributed by atoms with Crippen LogP contribution in [0.25, 0.3) is 0 Å². The Balaban J connectivity index is 1.91. The van der Waals surface area contributed by atoms with Crippen LogP contribution in [-0.4, -0.2) is 29.8 Å². The quantitative estimate of drug-likeness (QED) is 0.867. The van der Waals surface area contributed by atoms with Gasteiger partial charge in [-0.15, -0.1) is 0 Å². The Morgan fingerprint density at radius 1 is 1.48 bits per heavy atom. The molecule has 1 aromatic heterocycles. The van der Waals surface area contributed by atoms with E-state index in [9.17, 15) is 13.2 Å². The summed E-state index contributed by atoms with van der Waals surface area (Å²) in [7, 11) is 4.22. The Bertz CT molecular complexity index is 572. The maximum atomic E-state index is 12.5. The molecule has 0 amide bonds. The highest BCUT2D eigenvalue weighted by atomic mass is 31.0. The predicted octanol–water partition coefficient (Wildman–Crippen LogP) is 2.46. The maximum Gasteiger partial charge on any atom is 0.416 e. The van der Waals surface area contributed by atoms with Gasteiger partial charge in [0.05, 0.1) is 12.2 Å². The molecule has 0 bridgehead atoms. The van der Waals surface area contributed by atoms with Gasteiger partial charge in [-0.3, -0.25) is 0 Å². The van der Waals surface area contributed by atoms with Crippen molar-refractivity contribution < 1.29 is 17.9 Å². The number of rotatable bonds is 4. The zero-order chi connectivity index (χ0) is 15.5. The Morgan fingerprint density at radius 2 is 2.24 bits per heavy atom. The Labute approximate surface area is 122 Å². The lowest BCUT2D eigenvalue weighted by Gasteiger charge is -2.17. The fourth-order valence-electron chi connectivity index (χ4n) is 1.82. The Kier molecular flexibility index (Phi) is 4.83. The fourth-order valence-corrected chi connectivity index (χ4v) is 2.11. The molecule has 1 aromatic rings. The van der Waals surface area contributed by atoms with E-state index in [1.165, 1.54) is 12.2 Å². The molecule has 1 N–H and O–H groups in total. The minimum absolute atomic E-state index is 0.117. The maximum absolute atomic E-state index is 12.5. The largest absolute Gasteiger partial charge is 0.463 e. The van der Waals surface area contributed by atoms with Crippen molar-refractivity contribution in [2.75, 3.05) is 19.0 Å². The molecule has 2 unspecified atom stereocenters. The van der Waals surface area contributed by atoms with E-state index in [4.69, 9.17) is 4.74 Å². The molecule has 0 radical (unpaired) electrons. The zero-order valence-corrected chi connectivity index (χ0v) is 12.5. The molecule has 0 saturated carbocycles. The number of ether oxygens (including phenoxy) is 1. The first kappa shape index (κ1) is 15.8. The van der Waals surface area contributed by atoms with Crippen LogP contribution >= 0.6 is 9.24 Å². The van der Waals surface area contributed by atoms with E-state index in [0.717, 1.165) is 11.4 Å². The van der Waals surface area contributed by atoms with Crippen molar-refractivity contribution in [3.63, 3.8) is 0 Å². The van der Waals surface area contributed by atoms with Crippen molar-refractivity contribution in [2.45, 2.75) is 12.6 Å². The van der Waals surface area contributed by atoms with Gasteiger partial charge in [-0.25, -0.2) is 4.98 Å². The van der Waals surface area contributed by atoms with Crippen molar-refractivity contribution >= 4 is 20.4 Å². The normalized spacial score (nSPS) is 18.3. The van der Waals surface area contributed by atoms with E-state index in [2.05, 4.69) is 24.5 Å². The van der Waals surface area contributed by atoms with Gasteiger partial charge in [0.1, 0.15) is 5.82 Å². The third kappa shape index (κ3) is 4.17. The van der Waals surface area contributed by atoms with Gasteiger partial charge in [0.25, 0.3) is 0 Å². The highest BCUT2D eigenvalue weighted by molar-refractivity contribution is 7.28. The van der Waals surface area contributed by atoms with Crippen molar-refractivity contribution in [3.05, 3.63) is 30.0 Å². The summed E-state index contributed by atoms with van der Waals surface area (Å²) < 4.78 is 42.8. The lowest BCUT2D eigenvalue weighted by molar-refractivity contribution is -0.0887. The molecule has 0 saturated heterocycles. The zero-order valence-electron chi connectivity index (χ0n) is 11.3. The van der Waals surface area contributed by atoms with Crippen molar-refractivity contribution in [1.82, 2.24) is 9.97 Å². The molecule has 4 nitrogen and oxygen atoms in total. The third-order valence-corrected chi connectivity index (χ3v) is 3.40. The number of alkyl halides is 3. The van der Waals surface area contributed by atoms with E-state index >= 15 is 0 Å². The Morgan fingerprint density at radius 3 is 2.81 bits per heavy atom. The average molecular weight is 317 g/mol. The molecule has 0 fully saturated rings. The third-order valence-electron chi connectivity index (χ3n) is 2.97. The summed E-state index contributed by atoms with van der Waals surface area (Å²) in [5.41, 5.74) is -0.611. The van der Waals surface area contributed by atoms with Crippen LogP contribution in [0.1, 0.15) is 6.42 Å². The number of halogens is 3. The van der Waals surface area contributed by atoms with Gasteiger partial charge in [-0.1, -0.05) is 27.5 Å². The SMILES string of the molecule is CNc1nc(OCC2C=CC(C(F)(F)F)=CC2)ncc1P. The van der Waals surface area contributed by atoms with E-state index in [1.807, 2.05) is 0 Å². The van der Waals surface area contributed by atoms with Crippen LogP contribution in [0.4, 0.5) is 19.0 Å². The van der Waals surface area contributed by atoms with Gasteiger partial charge in [-0.05, 0) is 6.42 Å². The number of anilines is 1. The summed E-state index contributed by atoms with van der Waals surface area (Å²) >= 11 is 0. The van der Waals surface area contributed by atoms with Crippen molar-refractivity contribution in [2.24, 2.45) is 5.92 Å². The summed E-state index contributed by atoms with van der Waals surface area (Å²) in [6.45, 7) is 0.234. The summed E-state index contributed by atoms with van der Waals surface area (Å²) in [6.07, 6.45) is 1.36. The minimum Gasteiger partial charge on any atom is -0.463 e. The molecule has 0 aromatic carbocycles.